The molecule has 1 fully saturated rings. The Morgan fingerprint density at radius 2 is 2.29 bits per heavy atom. The Bertz CT molecular complexity index is 871. The quantitative estimate of drug-likeness (QED) is 0.745. The van der Waals surface area contributed by atoms with Gasteiger partial charge in [0.05, 0.1) is 6.54 Å². The number of hydrogen-bond acceptors (Lipinski definition) is 7. The van der Waals surface area contributed by atoms with E-state index in [0.29, 0.717) is 18.3 Å². The van der Waals surface area contributed by atoms with Gasteiger partial charge in [-0.25, -0.2) is 0 Å². The number of carbonyl (C=O) groups excluding carboxylic acids is 1. The predicted octanol–water partition coefficient (Wildman–Crippen LogP) is 0.591. The van der Waals surface area contributed by atoms with E-state index in [0.717, 1.165) is 37.4 Å². The summed E-state index contributed by atoms with van der Waals surface area (Å²) in [5.41, 5.74) is 5.99. The number of nitrogens with zero attached hydrogens (tertiary/aromatic N) is 6. The van der Waals surface area contributed by atoms with Gasteiger partial charge in [-0.2, -0.15) is 4.98 Å². The number of pyridine rings is 1. The molecule has 1 saturated heterocycles. The summed E-state index contributed by atoms with van der Waals surface area (Å²) < 4.78 is 6.87. The number of aromatic nitrogens is 5. The molecule has 0 bridgehead atoms. The Kier molecular flexibility index (Phi) is 3.69. The number of rotatable bonds is 4. The van der Waals surface area contributed by atoms with Gasteiger partial charge in [-0.1, -0.05) is 11.2 Å². The Hall–Kier alpha value is -2.81. The van der Waals surface area contributed by atoms with E-state index in [4.69, 9.17) is 10.3 Å². The average molecular weight is 327 g/mol. The van der Waals surface area contributed by atoms with Crippen LogP contribution in [0.25, 0.3) is 5.65 Å². The Labute approximate surface area is 137 Å². The lowest BCUT2D eigenvalue weighted by molar-refractivity contribution is 0.0958. The van der Waals surface area contributed by atoms with Crippen LogP contribution in [0.5, 0.6) is 0 Å². The summed E-state index contributed by atoms with van der Waals surface area (Å²) in [6.07, 6.45) is 4.10. The molecule has 0 aliphatic carbocycles. The highest BCUT2D eigenvalue weighted by atomic mass is 16.5. The highest BCUT2D eigenvalue weighted by Crippen LogP contribution is 2.26. The van der Waals surface area contributed by atoms with Crippen LogP contribution in [-0.2, 0) is 6.54 Å². The van der Waals surface area contributed by atoms with Crippen molar-refractivity contribution < 1.29 is 9.32 Å². The maximum atomic E-state index is 11.0. The molecule has 0 radical (unpaired) electrons. The molecule has 0 spiro atoms. The molecule has 2 N–H and O–H groups in total. The fraction of sp³-hybridized carbons (Fsp3) is 0.400. The van der Waals surface area contributed by atoms with Gasteiger partial charge in [0.1, 0.15) is 5.82 Å². The molecular weight excluding hydrogens is 310 g/mol. The lowest BCUT2D eigenvalue weighted by Gasteiger charge is -2.30. The third-order valence-electron chi connectivity index (χ3n) is 4.25. The summed E-state index contributed by atoms with van der Waals surface area (Å²) in [7, 11) is 0. The summed E-state index contributed by atoms with van der Waals surface area (Å²) in [6.45, 7) is 2.29. The van der Waals surface area contributed by atoms with Crippen molar-refractivity contribution >= 4 is 11.6 Å². The number of primary amides is 1. The number of carbonyl (C=O) groups is 1. The third kappa shape index (κ3) is 2.73. The first-order valence-corrected chi connectivity index (χ1v) is 7.85. The molecule has 1 atom stereocenters. The van der Waals surface area contributed by atoms with E-state index in [9.17, 15) is 4.79 Å². The highest BCUT2D eigenvalue weighted by Gasteiger charge is 2.26. The van der Waals surface area contributed by atoms with Gasteiger partial charge in [-0.05, 0) is 31.5 Å². The van der Waals surface area contributed by atoms with E-state index in [1.54, 1.807) is 0 Å². The summed E-state index contributed by atoms with van der Waals surface area (Å²) in [5, 5.41) is 12.4. The molecule has 1 amide bonds. The van der Waals surface area contributed by atoms with Gasteiger partial charge in [0.25, 0.3) is 0 Å². The first kappa shape index (κ1) is 14.8. The smallest absolute Gasteiger partial charge is 0.315 e. The summed E-state index contributed by atoms with van der Waals surface area (Å²) >= 11 is 0. The van der Waals surface area contributed by atoms with Crippen molar-refractivity contribution in [3.8, 4) is 0 Å². The molecule has 9 nitrogen and oxygen atoms in total. The van der Waals surface area contributed by atoms with Crippen molar-refractivity contribution in [2.24, 2.45) is 5.73 Å². The summed E-state index contributed by atoms with van der Waals surface area (Å²) in [4.78, 5) is 17.3. The number of amides is 1. The van der Waals surface area contributed by atoms with Gasteiger partial charge < -0.3 is 10.3 Å². The van der Waals surface area contributed by atoms with Crippen molar-refractivity contribution in [1.82, 2.24) is 29.6 Å². The zero-order valence-corrected chi connectivity index (χ0v) is 13.0. The topological polar surface area (TPSA) is 115 Å². The van der Waals surface area contributed by atoms with Gasteiger partial charge in [0.15, 0.2) is 11.5 Å². The van der Waals surface area contributed by atoms with Crippen molar-refractivity contribution in [1.29, 1.82) is 0 Å². The van der Waals surface area contributed by atoms with E-state index in [1.165, 1.54) is 0 Å². The molecule has 124 valence electrons. The number of fused-ring (bicyclic) bond motifs is 1. The minimum atomic E-state index is -0.708. The maximum Gasteiger partial charge on any atom is 0.315 e. The van der Waals surface area contributed by atoms with E-state index in [2.05, 4.69) is 25.2 Å². The molecule has 24 heavy (non-hydrogen) atoms. The number of likely N-dealkylation sites (tertiary alicyclic amines) is 1. The summed E-state index contributed by atoms with van der Waals surface area (Å²) in [6, 6.07) is 5.88. The second kappa shape index (κ2) is 6.00. The monoisotopic (exact) mass is 327 g/mol. The molecule has 9 heteroatoms. The second-order valence-electron chi connectivity index (χ2n) is 5.94. The Morgan fingerprint density at radius 3 is 3.12 bits per heavy atom. The zero-order chi connectivity index (χ0) is 16.5. The van der Waals surface area contributed by atoms with Crippen molar-refractivity contribution in [2.75, 3.05) is 13.1 Å². The number of piperidine rings is 1. The van der Waals surface area contributed by atoms with Crippen molar-refractivity contribution in [2.45, 2.75) is 25.3 Å². The van der Waals surface area contributed by atoms with E-state index >= 15 is 0 Å². The highest BCUT2D eigenvalue weighted by molar-refractivity contribution is 5.87. The number of hydrogen-bond donors (Lipinski definition) is 1. The zero-order valence-electron chi connectivity index (χ0n) is 13.0. The van der Waals surface area contributed by atoms with Crippen LogP contribution in [0.2, 0.25) is 0 Å². The SMILES string of the molecule is NC(=O)c1nc(CN2CCC[C@H](c3nnc4ccccn34)C2)no1. The van der Waals surface area contributed by atoms with Gasteiger partial charge in [0.2, 0.25) is 0 Å². The van der Waals surface area contributed by atoms with Crippen LogP contribution >= 0.6 is 0 Å². The predicted molar refractivity (Wildman–Crippen MR) is 83.1 cm³/mol. The molecule has 4 rings (SSSR count). The van der Waals surface area contributed by atoms with Crippen molar-refractivity contribution in [3.63, 3.8) is 0 Å². The van der Waals surface area contributed by atoms with E-state index < -0.39 is 5.91 Å². The first-order chi connectivity index (χ1) is 11.7. The van der Waals surface area contributed by atoms with Gasteiger partial charge in [-0.3, -0.25) is 14.1 Å². The maximum absolute atomic E-state index is 11.0. The number of nitrogens with two attached hydrogens (primary N) is 1. The fourth-order valence-corrected chi connectivity index (χ4v) is 3.17. The van der Waals surface area contributed by atoms with Crippen LogP contribution in [0.4, 0.5) is 0 Å². The molecule has 0 saturated carbocycles. The molecule has 4 heterocycles. The van der Waals surface area contributed by atoms with Crippen LogP contribution < -0.4 is 5.73 Å². The molecule has 1 aliphatic heterocycles. The lowest BCUT2D eigenvalue weighted by atomic mass is 9.97. The van der Waals surface area contributed by atoms with Crippen molar-refractivity contribution in [3.05, 3.63) is 41.9 Å². The Morgan fingerprint density at radius 1 is 1.38 bits per heavy atom. The van der Waals surface area contributed by atoms with Crippen LogP contribution in [0.1, 0.15) is 41.1 Å². The van der Waals surface area contributed by atoms with Gasteiger partial charge in [-0.15, -0.1) is 10.2 Å². The van der Waals surface area contributed by atoms with E-state index in [-0.39, 0.29) is 5.89 Å². The largest absolute Gasteiger partial charge is 0.361 e. The van der Waals surface area contributed by atoms with Crippen LogP contribution in [-0.4, -0.2) is 48.6 Å². The molecule has 0 aromatic carbocycles. The van der Waals surface area contributed by atoms with Gasteiger partial charge in [0, 0.05) is 18.7 Å². The second-order valence-corrected chi connectivity index (χ2v) is 5.94. The Balaban J connectivity index is 1.50. The van der Waals surface area contributed by atoms with Crippen LogP contribution in [0.15, 0.2) is 28.9 Å². The minimum Gasteiger partial charge on any atom is -0.361 e. The fourth-order valence-electron chi connectivity index (χ4n) is 3.17. The average Bonchev–Trinajstić information content (AvgIpc) is 3.22. The third-order valence-corrected chi connectivity index (χ3v) is 4.25. The lowest BCUT2D eigenvalue weighted by Crippen LogP contribution is -2.35. The van der Waals surface area contributed by atoms with Crippen LogP contribution in [0.3, 0.4) is 0 Å². The molecular formula is C15H17N7O2. The first-order valence-electron chi connectivity index (χ1n) is 7.85. The van der Waals surface area contributed by atoms with Gasteiger partial charge >= 0.3 is 11.8 Å². The molecule has 3 aromatic heterocycles. The standard InChI is InChI=1S/C15H17N7O2/c16-13(23)15-17-11(20-24-15)9-21-6-3-4-10(8-21)14-19-18-12-5-1-2-7-22(12)14/h1-2,5,7,10H,3-4,6,8-9H2,(H2,16,23)/t10-/m0/s1. The molecule has 3 aromatic rings. The molecule has 1 aliphatic rings. The van der Waals surface area contributed by atoms with Crippen LogP contribution in [0, 0.1) is 0 Å². The molecule has 0 unspecified atom stereocenters. The van der Waals surface area contributed by atoms with E-state index in [1.807, 2.05) is 28.8 Å². The normalized spacial score (nSPS) is 18.9. The summed E-state index contributed by atoms with van der Waals surface area (Å²) in [5.74, 6) is 0.873. The minimum absolute atomic E-state index is 0.151.